The number of aromatic nitrogens is 2. The topological polar surface area (TPSA) is 66.9 Å². The molecule has 0 aliphatic carbocycles. The van der Waals surface area contributed by atoms with Gasteiger partial charge in [0.1, 0.15) is 22.3 Å². The molecule has 158 valence electrons. The fourth-order valence-electron chi connectivity index (χ4n) is 3.23. The van der Waals surface area contributed by atoms with Gasteiger partial charge in [0.25, 0.3) is 5.91 Å². The third kappa shape index (κ3) is 5.06. The van der Waals surface area contributed by atoms with Gasteiger partial charge in [-0.1, -0.05) is 31.2 Å². The molecule has 0 unspecified atom stereocenters. The summed E-state index contributed by atoms with van der Waals surface area (Å²) in [7, 11) is 0. The van der Waals surface area contributed by atoms with Gasteiger partial charge in [0.05, 0.1) is 5.39 Å². The quantitative estimate of drug-likeness (QED) is 0.417. The highest BCUT2D eigenvalue weighted by molar-refractivity contribution is 7.18. The highest BCUT2D eigenvalue weighted by atomic mass is 32.1. The maximum absolute atomic E-state index is 13.0. The zero-order valence-electron chi connectivity index (χ0n) is 17.4. The van der Waals surface area contributed by atoms with Crippen molar-refractivity contribution < 1.29 is 9.18 Å². The summed E-state index contributed by atoms with van der Waals surface area (Å²) < 4.78 is 13.0. The summed E-state index contributed by atoms with van der Waals surface area (Å²) in [6, 6.07) is 15.7. The monoisotopic (exact) mass is 434 g/mol. The second-order valence-electron chi connectivity index (χ2n) is 7.26. The van der Waals surface area contributed by atoms with E-state index in [4.69, 9.17) is 0 Å². The number of amides is 1. The van der Waals surface area contributed by atoms with Crippen LogP contribution in [0.2, 0.25) is 0 Å². The lowest BCUT2D eigenvalue weighted by molar-refractivity contribution is 0.0951. The molecule has 4 rings (SSSR count). The number of thiophene rings is 1. The maximum Gasteiger partial charge on any atom is 0.251 e. The molecule has 0 saturated carbocycles. The van der Waals surface area contributed by atoms with Crippen molar-refractivity contribution in [1.82, 2.24) is 15.3 Å². The van der Waals surface area contributed by atoms with Crippen molar-refractivity contribution >= 4 is 33.3 Å². The molecular formula is C24H23FN4OS. The van der Waals surface area contributed by atoms with Gasteiger partial charge < -0.3 is 10.6 Å². The minimum Gasteiger partial charge on any atom is -0.365 e. The smallest absolute Gasteiger partial charge is 0.251 e. The Balaban J connectivity index is 1.38. The number of aryl methyl sites for hydroxylation is 2. The average molecular weight is 435 g/mol. The van der Waals surface area contributed by atoms with E-state index in [0.29, 0.717) is 18.7 Å². The Bertz CT molecular complexity index is 1200. The highest BCUT2D eigenvalue weighted by Crippen LogP contribution is 2.29. The van der Waals surface area contributed by atoms with Gasteiger partial charge in [-0.2, -0.15) is 0 Å². The molecule has 2 heterocycles. The Kier molecular flexibility index (Phi) is 6.23. The Labute approximate surface area is 184 Å². The molecule has 0 atom stereocenters. The summed E-state index contributed by atoms with van der Waals surface area (Å²) in [4.78, 5) is 23.8. The molecule has 0 fully saturated rings. The summed E-state index contributed by atoms with van der Waals surface area (Å²) in [6.45, 7) is 4.98. The Morgan fingerprint density at radius 2 is 1.68 bits per heavy atom. The molecule has 0 saturated heterocycles. The third-order valence-corrected chi connectivity index (χ3v) is 6.12. The van der Waals surface area contributed by atoms with E-state index in [1.54, 1.807) is 35.6 Å². The van der Waals surface area contributed by atoms with E-state index in [-0.39, 0.29) is 11.7 Å². The standard InChI is InChI=1S/C24H23FN4OS/c1-3-20-12-21-22(28-15(2)29-24(21)31-20)26-13-16-4-8-18(9-5-16)23(30)27-14-17-6-10-19(25)11-7-17/h4-12H,3,13-14H2,1-2H3,(H,27,30)(H,26,28,29). The van der Waals surface area contributed by atoms with Gasteiger partial charge in [0.15, 0.2) is 0 Å². The van der Waals surface area contributed by atoms with E-state index in [1.807, 2.05) is 19.1 Å². The molecule has 0 bridgehead atoms. The summed E-state index contributed by atoms with van der Waals surface area (Å²) in [5.74, 6) is 1.12. The van der Waals surface area contributed by atoms with Crippen LogP contribution < -0.4 is 10.6 Å². The number of fused-ring (bicyclic) bond motifs is 1. The number of hydrogen-bond donors (Lipinski definition) is 2. The third-order valence-electron chi connectivity index (χ3n) is 4.95. The van der Waals surface area contributed by atoms with Crippen LogP contribution in [0.3, 0.4) is 0 Å². The molecule has 1 amide bonds. The number of hydrogen-bond acceptors (Lipinski definition) is 5. The predicted octanol–water partition coefficient (Wildman–Crippen LogP) is 5.24. The van der Waals surface area contributed by atoms with Gasteiger partial charge in [-0.25, -0.2) is 14.4 Å². The zero-order chi connectivity index (χ0) is 21.8. The Morgan fingerprint density at radius 1 is 1.00 bits per heavy atom. The van der Waals surface area contributed by atoms with Crippen molar-refractivity contribution in [3.05, 3.63) is 87.8 Å². The molecule has 0 aliphatic rings. The predicted molar refractivity (Wildman–Crippen MR) is 123 cm³/mol. The minimum atomic E-state index is -0.290. The number of nitrogens with zero attached hydrogens (tertiary/aromatic N) is 2. The van der Waals surface area contributed by atoms with E-state index in [9.17, 15) is 9.18 Å². The molecule has 4 aromatic rings. The van der Waals surface area contributed by atoms with Crippen molar-refractivity contribution in [1.29, 1.82) is 0 Å². The van der Waals surface area contributed by atoms with Crippen LogP contribution in [0.5, 0.6) is 0 Å². The van der Waals surface area contributed by atoms with Gasteiger partial charge in [-0.15, -0.1) is 11.3 Å². The van der Waals surface area contributed by atoms with Crippen LogP contribution in [0, 0.1) is 12.7 Å². The van der Waals surface area contributed by atoms with E-state index in [0.717, 1.165) is 39.4 Å². The van der Waals surface area contributed by atoms with Crippen molar-refractivity contribution in [2.24, 2.45) is 0 Å². The number of nitrogens with one attached hydrogen (secondary N) is 2. The number of benzene rings is 2. The second-order valence-corrected chi connectivity index (χ2v) is 8.38. The van der Waals surface area contributed by atoms with Crippen molar-refractivity contribution in [2.45, 2.75) is 33.4 Å². The molecule has 31 heavy (non-hydrogen) atoms. The van der Waals surface area contributed by atoms with Crippen LogP contribution >= 0.6 is 11.3 Å². The van der Waals surface area contributed by atoms with E-state index < -0.39 is 0 Å². The van der Waals surface area contributed by atoms with Crippen LogP contribution in [0.25, 0.3) is 10.2 Å². The van der Waals surface area contributed by atoms with Crippen LogP contribution in [0.1, 0.15) is 39.1 Å². The van der Waals surface area contributed by atoms with Gasteiger partial charge in [-0.3, -0.25) is 4.79 Å². The lowest BCUT2D eigenvalue weighted by Gasteiger charge is -2.09. The Hall–Kier alpha value is -3.32. The van der Waals surface area contributed by atoms with E-state index in [2.05, 4.69) is 33.6 Å². The molecule has 5 nitrogen and oxygen atoms in total. The van der Waals surface area contributed by atoms with Crippen LogP contribution in [0.15, 0.2) is 54.6 Å². The van der Waals surface area contributed by atoms with Crippen LogP contribution in [0.4, 0.5) is 10.2 Å². The SMILES string of the molecule is CCc1cc2c(NCc3ccc(C(=O)NCc4ccc(F)cc4)cc3)nc(C)nc2s1. The lowest BCUT2D eigenvalue weighted by atomic mass is 10.1. The Morgan fingerprint density at radius 3 is 2.39 bits per heavy atom. The first-order chi connectivity index (χ1) is 15.0. The molecule has 2 aromatic heterocycles. The molecule has 2 N–H and O–H groups in total. The highest BCUT2D eigenvalue weighted by Gasteiger charge is 2.10. The van der Waals surface area contributed by atoms with Crippen molar-refractivity contribution in [3.8, 4) is 0 Å². The van der Waals surface area contributed by atoms with E-state index >= 15 is 0 Å². The number of anilines is 1. The molecule has 0 radical (unpaired) electrons. The molecular weight excluding hydrogens is 411 g/mol. The zero-order valence-corrected chi connectivity index (χ0v) is 18.2. The fraction of sp³-hybridized carbons (Fsp3) is 0.208. The second kappa shape index (κ2) is 9.22. The molecule has 0 aliphatic heterocycles. The number of carbonyl (C=O) groups excluding carboxylic acids is 1. The van der Waals surface area contributed by atoms with Gasteiger partial charge in [0.2, 0.25) is 0 Å². The molecule has 7 heteroatoms. The van der Waals surface area contributed by atoms with Crippen molar-refractivity contribution in [2.75, 3.05) is 5.32 Å². The van der Waals surface area contributed by atoms with Crippen molar-refractivity contribution in [3.63, 3.8) is 0 Å². The fourth-order valence-corrected chi connectivity index (χ4v) is 4.25. The summed E-state index contributed by atoms with van der Waals surface area (Å²) in [5, 5.41) is 7.31. The summed E-state index contributed by atoms with van der Waals surface area (Å²) in [5.41, 5.74) is 2.48. The summed E-state index contributed by atoms with van der Waals surface area (Å²) >= 11 is 1.70. The maximum atomic E-state index is 13.0. The molecule has 0 spiro atoms. The number of halogens is 1. The van der Waals surface area contributed by atoms with Crippen LogP contribution in [-0.4, -0.2) is 15.9 Å². The number of rotatable bonds is 7. The minimum absolute atomic E-state index is 0.165. The average Bonchev–Trinajstić information content (AvgIpc) is 3.20. The van der Waals surface area contributed by atoms with Gasteiger partial charge in [0, 0.05) is 23.5 Å². The first kappa shape index (κ1) is 20.9. The van der Waals surface area contributed by atoms with E-state index in [1.165, 1.54) is 17.0 Å². The largest absolute Gasteiger partial charge is 0.365 e. The normalized spacial score (nSPS) is 10.9. The van der Waals surface area contributed by atoms with Crippen LogP contribution in [-0.2, 0) is 19.5 Å². The lowest BCUT2D eigenvalue weighted by Crippen LogP contribution is -2.22. The van der Waals surface area contributed by atoms with Gasteiger partial charge >= 0.3 is 0 Å². The first-order valence-corrected chi connectivity index (χ1v) is 11.0. The first-order valence-electron chi connectivity index (χ1n) is 10.1. The van der Waals surface area contributed by atoms with Gasteiger partial charge in [-0.05, 0) is 54.8 Å². The summed E-state index contributed by atoms with van der Waals surface area (Å²) in [6.07, 6.45) is 0.976. The number of carbonyl (C=O) groups is 1. The molecule has 2 aromatic carbocycles.